The monoisotopic (exact) mass is 245 g/mol. The SMILES string of the molecule is COc1ccc2nc(-c3ccsc3N)[nH]c2c1. The molecular weight excluding hydrogens is 234 g/mol. The smallest absolute Gasteiger partial charge is 0.141 e. The fraction of sp³-hybridized carbons (Fsp3) is 0.0833. The van der Waals surface area contributed by atoms with Gasteiger partial charge in [-0.05, 0) is 23.6 Å². The summed E-state index contributed by atoms with van der Waals surface area (Å²) >= 11 is 1.51. The number of methoxy groups -OCH3 is 1. The number of fused-ring (bicyclic) bond motifs is 1. The molecule has 0 aliphatic heterocycles. The zero-order valence-corrected chi connectivity index (χ0v) is 10.0. The molecule has 3 N–H and O–H groups in total. The average molecular weight is 245 g/mol. The summed E-state index contributed by atoms with van der Waals surface area (Å²) in [6, 6.07) is 7.71. The number of thiophene rings is 1. The van der Waals surface area contributed by atoms with Crippen LogP contribution in [0.5, 0.6) is 5.75 Å². The van der Waals surface area contributed by atoms with Crippen LogP contribution in [0.4, 0.5) is 5.00 Å². The molecule has 0 aliphatic rings. The van der Waals surface area contributed by atoms with Gasteiger partial charge in [-0.1, -0.05) is 0 Å². The van der Waals surface area contributed by atoms with Crippen LogP contribution >= 0.6 is 11.3 Å². The molecule has 2 aromatic heterocycles. The Kier molecular flexibility index (Phi) is 2.26. The second-order valence-electron chi connectivity index (χ2n) is 3.67. The van der Waals surface area contributed by atoms with E-state index >= 15 is 0 Å². The standard InChI is InChI=1S/C12H11N3OS/c1-16-7-2-3-9-10(6-7)15-12(14-9)8-4-5-17-11(8)13/h2-6H,13H2,1H3,(H,14,15). The van der Waals surface area contributed by atoms with E-state index in [0.29, 0.717) is 0 Å². The molecule has 4 nitrogen and oxygen atoms in total. The van der Waals surface area contributed by atoms with Gasteiger partial charge in [0.15, 0.2) is 0 Å². The zero-order valence-electron chi connectivity index (χ0n) is 9.23. The molecule has 17 heavy (non-hydrogen) atoms. The van der Waals surface area contributed by atoms with E-state index in [1.165, 1.54) is 11.3 Å². The van der Waals surface area contributed by atoms with Gasteiger partial charge in [0.2, 0.25) is 0 Å². The first-order valence-electron chi connectivity index (χ1n) is 5.15. The molecule has 0 saturated carbocycles. The predicted octanol–water partition coefficient (Wildman–Crippen LogP) is 2.88. The normalized spacial score (nSPS) is 10.9. The summed E-state index contributed by atoms with van der Waals surface area (Å²) in [5.41, 5.74) is 8.69. The van der Waals surface area contributed by atoms with Crippen molar-refractivity contribution in [2.75, 3.05) is 12.8 Å². The lowest BCUT2D eigenvalue weighted by Crippen LogP contribution is -1.84. The van der Waals surface area contributed by atoms with Gasteiger partial charge in [0.1, 0.15) is 11.6 Å². The lowest BCUT2D eigenvalue weighted by molar-refractivity contribution is 0.415. The van der Waals surface area contributed by atoms with Crippen molar-refractivity contribution in [1.82, 2.24) is 9.97 Å². The van der Waals surface area contributed by atoms with E-state index in [9.17, 15) is 0 Å². The van der Waals surface area contributed by atoms with Crippen LogP contribution in [0.2, 0.25) is 0 Å². The molecule has 0 unspecified atom stereocenters. The highest BCUT2D eigenvalue weighted by Crippen LogP contribution is 2.30. The van der Waals surface area contributed by atoms with Gasteiger partial charge in [0.05, 0.1) is 28.7 Å². The van der Waals surface area contributed by atoms with Crippen LogP contribution in [0.1, 0.15) is 0 Å². The van der Waals surface area contributed by atoms with E-state index in [1.807, 2.05) is 29.6 Å². The molecule has 0 fully saturated rings. The molecule has 86 valence electrons. The van der Waals surface area contributed by atoms with Crippen molar-refractivity contribution in [3.63, 3.8) is 0 Å². The largest absolute Gasteiger partial charge is 0.497 e. The highest BCUT2D eigenvalue weighted by atomic mass is 32.1. The number of aromatic nitrogens is 2. The molecular formula is C12H11N3OS. The van der Waals surface area contributed by atoms with Gasteiger partial charge in [0, 0.05) is 6.07 Å². The number of imidazole rings is 1. The lowest BCUT2D eigenvalue weighted by Gasteiger charge is -1.96. The summed E-state index contributed by atoms with van der Waals surface area (Å²) < 4.78 is 5.18. The Balaban J connectivity index is 2.17. The highest BCUT2D eigenvalue weighted by Gasteiger charge is 2.09. The second kappa shape index (κ2) is 3.78. The number of H-pyrrole nitrogens is 1. The number of anilines is 1. The van der Waals surface area contributed by atoms with Crippen LogP contribution < -0.4 is 10.5 Å². The first kappa shape index (κ1) is 10.2. The molecule has 0 aliphatic carbocycles. The number of aromatic amines is 1. The molecule has 2 heterocycles. The van der Waals surface area contributed by atoms with Crippen LogP contribution in [0.25, 0.3) is 22.4 Å². The van der Waals surface area contributed by atoms with Crippen LogP contribution in [0, 0.1) is 0 Å². The number of hydrogen-bond acceptors (Lipinski definition) is 4. The fourth-order valence-electron chi connectivity index (χ4n) is 1.76. The van der Waals surface area contributed by atoms with E-state index in [2.05, 4.69) is 9.97 Å². The minimum Gasteiger partial charge on any atom is -0.497 e. The maximum Gasteiger partial charge on any atom is 0.141 e. The summed E-state index contributed by atoms with van der Waals surface area (Å²) in [6.07, 6.45) is 0. The Labute approximate surface area is 102 Å². The third-order valence-corrected chi connectivity index (χ3v) is 3.39. The third kappa shape index (κ3) is 1.64. The number of rotatable bonds is 2. The van der Waals surface area contributed by atoms with Crippen molar-refractivity contribution in [2.45, 2.75) is 0 Å². The second-order valence-corrected chi connectivity index (χ2v) is 4.61. The first-order valence-corrected chi connectivity index (χ1v) is 6.03. The van der Waals surface area contributed by atoms with E-state index in [1.54, 1.807) is 7.11 Å². The van der Waals surface area contributed by atoms with Gasteiger partial charge in [0.25, 0.3) is 0 Å². The van der Waals surface area contributed by atoms with E-state index in [0.717, 1.165) is 33.2 Å². The Morgan fingerprint density at radius 1 is 1.35 bits per heavy atom. The van der Waals surface area contributed by atoms with Gasteiger partial charge in [-0.2, -0.15) is 0 Å². The van der Waals surface area contributed by atoms with E-state index in [4.69, 9.17) is 10.5 Å². The summed E-state index contributed by atoms with van der Waals surface area (Å²) in [6.45, 7) is 0. The van der Waals surface area contributed by atoms with Gasteiger partial charge < -0.3 is 15.5 Å². The molecule has 3 aromatic rings. The van der Waals surface area contributed by atoms with Crippen molar-refractivity contribution >= 4 is 27.4 Å². The average Bonchev–Trinajstić information content (AvgIpc) is 2.93. The summed E-state index contributed by atoms with van der Waals surface area (Å²) in [7, 11) is 1.65. The van der Waals surface area contributed by atoms with Crippen LogP contribution in [-0.4, -0.2) is 17.1 Å². The maximum absolute atomic E-state index is 5.88. The maximum atomic E-state index is 5.88. The van der Waals surface area contributed by atoms with E-state index < -0.39 is 0 Å². The Bertz CT molecular complexity index is 671. The van der Waals surface area contributed by atoms with E-state index in [-0.39, 0.29) is 0 Å². The zero-order chi connectivity index (χ0) is 11.8. The van der Waals surface area contributed by atoms with Gasteiger partial charge in [-0.25, -0.2) is 4.98 Å². The molecule has 5 heteroatoms. The summed E-state index contributed by atoms with van der Waals surface area (Å²) in [4.78, 5) is 7.76. The topological polar surface area (TPSA) is 63.9 Å². The number of benzene rings is 1. The molecule has 3 rings (SSSR count). The minimum absolute atomic E-state index is 0.774. The number of ether oxygens (including phenoxy) is 1. The Morgan fingerprint density at radius 2 is 2.24 bits per heavy atom. The van der Waals surface area contributed by atoms with Gasteiger partial charge in [-0.15, -0.1) is 11.3 Å². The third-order valence-electron chi connectivity index (χ3n) is 2.64. The molecule has 0 bridgehead atoms. The number of nitrogens with two attached hydrogens (primary N) is 1. The van der Waals surface area contributed by atoms with Crippen molar-refractivity contribution in [3.8, 4) is 17.1 Å². The van der Waals surface area contributed by atoms with Gasteiger partial charge in [-0.3, -0.25) is 0 Å². The predicted molar refractivity (Wildman–Crippen MR) is 70.4 cm³/mol. The molecule has 0 amide bonds. The Morgan fingerprint density at radius 3 is 2.94 bits per heavy atom. The van der Waals surface area contributed by atoms with Crippen LogP contribution in [0.15, 0.2) is 29.6 Å². The molecule has 1 aromatic carbocycles. The van der Waals surface area contributed by atoms with Crippen molar-refractivity contribution in [1.29, 1.82) is 0 Å². The van der Waals surface area contributed by atoms with Crippen molar-refractivity contribution in [2.24, 2.45) is 0 Å². The number of nitrogens with zero attached hydrogens (tertiary/aromatic N) is 1. The molecule has 0 atom stereocenters. The van der Waals surface area contributed by atoms with Crippen LogP contribution in [0.3, 0.4) is 0 Å². The van der Waals surface area contributed by atoms with Crippen LogP contribution in [-0.2, 0) is 0 Å². The number of hydrogen-bond donors (Lipinski definition) is 2. The highest BCUT2D eigenvalue weighted by molar-refractivity contribution is 7.14. The summed E-state index contributed by atoms with van der Waals surface area (Å²) in [5.74, 6) is 1.61. The van der Waals surface area contributed by atoms with Crippen molar-refractivity contribution in [3.05, 3.63) is 29.6 Å². The first-order chi connectivity index (χ1) is 8.28. The molecule has 0 spiro atoms. The Hall–Kier alpha value is -2.01. The number of nitrogens with one attached hydrogen (secondary N) is 1. The molecule has 0 radical (unpaired) electrons. The van der Waals surface area contributed by atoms with Crippen molar-refractivity contribution < 1.29 is 4.74 Å². The quantitative estimate of drug-likeness (QED) is 0.729. The lowest BCUT2D eigenvalue weighted by atomic mass is 10.3. The molecule has 0 saturated heterocycles. The van der Waals surface area contributed by atoms with Gasteiger partial charge >= 0.3 is 0 Å². The summed E-state index contributed by atoms with van der Waals surface area (Å²) in [5, 5.41) is 2.73. The minimum atomic E-state index is 0.774. The number of nitrogen functional groups attached to an aromatic ring is 1. The fourth-order valence-corrected chi connectivity index (χ4v) is 2.40.